The third-order valence-electron chi connectivity index (χ3n) is 11.2. The highest BCUT2D eigenvalue weighted by Crippen LogP contribution is 2.43. The maximum Gasteiger partial charge on any atom is 0.238 e. The maximum absolute atomic E-state index is 6.64. The lowest BCUT2D eigenvalue weighted by atomic mass is 9.99. The van der Waals surface area contributed by atoms with E-state index in [0.29, 0.717) is 17.6 Å². The average molecular weight is 745 g/mol. The van der Waals surface area contributed by atoms with E-state index in [4.69, 9.17) is 19.4 Å². The summed E-state index contributed by atoms with van der Waals surface area (Å²) in [4.78, 5) is 15.9. The molecule has 3 aromatic heterocycles. The lowest BCUT2D eigenvalue weighted by Crippen LogP contribution is -2.07. The van der Waals surface area contributed by atoms with Gasteiger partial charge in [-0.3, -0.25) is 4.57 Å². The zero-order valence-electron chi connectivity index (χ0n) is 32.0. The zero-order valence-corrected chi connectivity index (χ0v) is 32.0. The van der Waals surface area contributed by atoms with Gasteiger partial charge in [0.2, 0.25) is 5.95 Å². The van der Waals surface area contributed by atoms with Crippen LogP contribution in [0.15, 0.2) is 186 Å². The fourth-order valence-corrected chi connectivity index (χ4v) is 8.52. The van der Waals surface area contributed by atoms with Crippen molar-refractivity contribution in [3.63, 3.8) is 0 Å². The van der Waals surface area contributed by atoms with E-state index in [-0.39, 0.29) is 0 Å². The van der Waals surface area contributed by atoms with Crippen molar-refractivity contribution in [2.75, 3.05) is 0 Å². The Hall–Kier alpha value is -7.63. The van der Waals surface area contributed by atoms with Crippen LogP contribution in [0.2, 0.25) is 0 Å². The molecule has 5 heteroatoms. The summed E-state index contributed by atoms with van der Waals surface area (Å²) in [5.41, 5.74) is 7.64. The summed E-state index contributed by atoms with van der Waals surface area (Å²) in [5, 5.41) is 11.3. The Labute approximate surface area is 334 Å². The number of hydrogen-bond donors (Lipinski definition) is 0. The highest BCUT2D eigenvalue weighted by Gasteiger charge is 2.23. The van der Waals surface area contributed by atoms with E-state index in [1.165, 1.54) is 16.2 Å². The summed E-state index contributed by atoms with van der Waals surface area (Å²) in [6.45, 7) is 4.00. The molecule has 3 heterocycles. The maximum atomic E-state index is 6.64. The van der Waals surface area contributed by atoms with E-state index in [2.05, 4.69) is 174 Å². The second-order valence-electron chi connectivity index (χ2n) is 14.4. The predicted octanol–water partition coefficient (Wildman–Crippen LogP) is 14.4. The van der Waals surface area contributed by atoms with Gasteiger partial charge in [0.25, 0.3) is 0 Å². The van der Waals surface area contributed by atoms with Crippen molar-refractivity contribution in [1.29, 1.82) is 0 Å². The molecule has 0 aliphatic rings. The molecule has 0 atom stereocenters. The molecule has 0 bridgehead atoms. The van der Waals surface area contributed by atoms with Gasteiger partial charge < -0.3 is 4.42 Å². The van der Waals surface area contributed by atoms with Crippen LogP contribution in [0.1, 0.15) is 13.8 Å². The third kappa shape index (κ3) is 5.35. The largest absolute Gasteiger partial charge is 0.455 e. The van der Waals surface area contributed by atoms with E-state index >= 15 is 0 Å². The number of para-hydroxylation sites is 3. The molecule has 0 saturated heterocycles. The third-order valence-corrected chi connectivity index (χ3v) is 11.2. The monoisotopic (exact) mass is 744 g/mol. The van der Waals surface area contributed by atoms with Crippen LogP contribution in [-0.2, 0) is 0 Å². The van der Waals surface area contributed by atoms with Crippen molar-refractivity contribution in [2.45, 2.75) is 13.8 Å². The van der Waals surface area contributed by atoms with Crippen molar-refractivity contribution in [3.8, 4) is 39.9 Å². The van der Waals surface area contributed by atoms with Crippen molar-refractivity contribution < 1.29 is 4.42 Å². The van der Waals surface area contributed by atoms with Crippen molar-refractivity contribution >= 4 is 76.1 Å². The van der Waals surface area contributed by atoms with Crippen molar-refractivity contribution in [2.24, 2.45) is 0 Å². The molecule has 0 unspecified atom stereocenters. The first-order valence-electron chi connectivity index (χ1n) is 19.8. The fraction of sp³-hybridized carbons (Fsp3) is 0.0377. The van der Waals surface area contributed by atoms with Crippen LogP contribution in [0.5, 0.6) is 0 Å². The molecule has 12 rings (SSSR count). The van der Waals surface area contributed by atoms with Gasteiger partial charge in [0, 0.05) is 43.8 Å². The number of fused-ring (bicyclic) bond motifs is 9. The molecular formula is C53H36N4O. The molecule has 0 saturated carbocycles. The quantitative estimate of drug-likeness (QED) is 0.180. The first kappa shape index (κ1) is 33.7. The van der Waals surface area contributed by atoms with Crippen molar-refractivity contribution in [1.82, 2.24) is 19.5 Å². The molecule has 274 valence electrons. The summed E-state index contributed by atoms with van der Waals surface area (Å²) in [5.74, 6) is 1.76. The second kappa shape index (κ2) is 13.5. The van der Waals surface area contributed by atoms with E-state index in [0.717, 1.165) is 82.2 Å². The van der Waals surface area contributed by atoms with Gasteiger partial charge in [0.1, 0.15) is 11.2 Å². The Kier molecular flexibility index (Phi) is 7.86. The molecular weight excluding hydrogens is 709 g/mol. The lowest BCUT2D eigenvalue weighted by molar-refractivity contribution is 0.670. The number of nitrogens with zero attached hydrogens (tertiary/aromatic N) is 4. The Morgan fingerprint density at radius 3 is 1.57 bits per heavy atom. The molecule has 0 fully saturated rings. The van der Waals surface area contributed by atoms with Gasteiger partial charge in [-0.05, 0) is 62.6 Å². The molecule has 12 aromatic rings. The molecule has 0 radical (unpaired) electrons. The summed E-state index contributed by atoms with van der Waals surface area (Å²) in [6, 6.07) is 64.0. The number of aromatic nitrogens is 4. The van der Waals surface area contributed by atoms with Gasteiger partial charge >= 0.3 is 0 Å². The molecule has 9 aromatic carbocycles. The van der Waals surface area contributed by atoms with E-state index in [9.17, 15) is 0 Å². The number of benzene rings is 9. The van der Waals surface area contributed by atoms with Crippen LogP contribution in [0.25, 0.3) is 116 Å². The summed E-state index contributed by atoms with van der Waals surface area (Å²) >= 11 is 0. The van der Waals surface area contributed by atoms with Gasteiger partial charge in [-0.1, -0.05) is 166 Å². The van der Waals surface area contributed by atoms with E-state index < -0.39 is 0 Å². The minimum Gasteiger partial charge on any atom is -0.455 e. The van der Waals surface area contributed by atoms with E-state index in [1.807, 2.05) is 26.0 Å². The first-order valence-corrected chi connectivity index (χ1v) is 19.8. The molecule has 0 aliphatic heterocycles. The minimum atomic E-state index is 0.547. The highest BCUT2D eigenvalue weighted by molar-refractivity contribution is 6.19. The first-order chi connectivity index (χ1) is 28.7. The lowest BCUT2D eigenvalue weighted by Gasteiger charge is -2.14. The second-order valence-corrected chi connectivity index (χ2v) is 14.4. The topological polar surface area (TPSA) is 56.7 Å². The number of rotatable bonds is 4. The standard InChI is InChI=1S/C51H30N4O.C2H6/c1-3-13-33-27-37(25-23-31(33)11-1)49-52-50(38-26-24-32-12-2-4-14-34(32)28-38)54-51(53-49)55-45-30-36-16-6-5-15-35(36)29-44(45)41-19-9-18-40(47(41)55)43-21-10-20-42-39-17-7-8-22-46(39)56-48(42)43;1-2/h1-30H;1-2H3. The van der Waals surface area contributed by atoms with Gasteiger partial charge in [-0.25, -0.2) is 4.98 Å². The van der Waals surface area contributed by atoms with Crippen LogP contribution in [0, 0.1) is 0 Å². The number of furan rings is 1. The Balaban J connectivity index is 0.00000190. The van der Waals surface area contributed by atoms with Crippen LogP contribution in [-0.4, -0.2) is 19.5 Å². The molecule has 5 nitrogen and oxygen atoms in total. The van der Waals surface area contributed by atoms with Crippen LogP contribution < -0.4 is 0 Å². The summed E-state index contributed by atoms with van der Waals surface area (Å²) < 4.78 is 8.88. The summed E-state index contributed by atoms with van der Waals surface area (Å²) in [6.07, 6.45) is 0. The normalized spacial score (nSPS) is 11.6. The minimum absolute atomic E-state index is 0.547. The zero-order chi connectivity index (χ0) is 38.7. The van der Waals surface area contributed by atoms with Crippen LogP contribution in [0.4, 0.5) is 0 Å². The number of hydrogen-bond acceptors (Lipinski definition) is 4. The highest BCUT2D eigenvalue weighted by atomic mass is 16.3. The van der Waals surface area contributed by atoms with Crippen molar-refractivity contribution in [3.05, 3.63) is 182 Å². The Morgan fingerprint density at radius 1 is 0.397 bits per heavy atom. The van der Waals surface area contributed by atoms with Gasteiger partial charge in [0.05, 0.1) is 11.0 Å². The van der Waals surface area contributed by atoms with Crippen LogP contribution >= 0.6 is 0 Å². The summed E-state index contributed by atoms with van der Waals surface area (Å²) in [7, 11) is 0. The molecule has 0 amide bonds. The molecule has 0 aliphatic carbocycles. The van der Waals surface area contributed by atoms with Crippen LogP contribution in [0.3, 0.4) is 0 Å². The Morgan fingerprint density at radius 2 is 0.914 bits per heavy atom. The average Bonchev–Trinajstić information content (AvgIpc) is 3.84. The van der Waals surface area contributed by atoms with Gasteiger partial charge in [-0.15, -0.1) is 0 Å². The molecule has 0 spiro atoms. The molecule has 0 N–H and O–H groups in total. The molecule has 58 heavy (non-hydrogen) atoms. The SMILES string of the molecule is CC.c1ccc2cc(-c3nc(-c4ccc5ccccc5c4)nc(-n4c5cc6ccccc6cc5c5cccc(-c6cccc7c6oc6ccccc67)c54)n3)ccc2c1. The van der Waals surface area contributed by atoms with Gasteiger partial charge in [-0.2, -0.15) is 9.97 Å². The Bertz CT molecular complexity index is 3460. The smallest absolute Gasteiger partial charge is 0.238 e. The van der Waals surface area contributed by atoms with Gasteiger partial charge in [0.15, 0.2) is 11.6 Å². The fourth-order valence-electron chi connectivity index (χ4n) is 8.52. The van der Waals surface area contributed by atoms with E-state index in [1.54, 1.807) is 0 Å². The predicted molar refractivity (Wildman–Crippen MR) is 242 cm³/mol.